The highest BCUT2D eigenvalue weighted by Crippen LogP contribution is 2.28. The van der Waals surface area contributed by atoms with E-state index in [1.165, 1.54) is 10.9 Å². The molecule has 0 saturated heterocycles. The zero-order chi connectivity index (χ0) is 21.3. The van der Waals surface area contributed by atoms with Crippen LogP contribution < -0.4 is 10.9 Å². The Morgan fingerprint density at radius 1 is 1.28 bits per heavy atom. The van der Waals surface area contributed by atoms with Gasteiger partial charge >= 0.3 is 5.97 Å². The lowest BCUT2D eigenvalue weighted by molar-refractivity contribution is -0.118. The van der Waals surface area contributed by atoms with Gasteiger partial charge in [0.05, 0.1) is 18.3 Å². The number of anilines is 1. The Balaban J connectivity index is 1.95. The van der Waals surface area contributed by atoms with Crippen LogP contribution in [0.15, 0.2) is 29.3 Å². The molecular formula is C21H23N3O4S. The van der Waals surface area contributed by atoms with Crippen LogP contribution in [-0.4, -0.2) is 28.0 Å². The van der Waals surface area contributed by atoms with Gasteiger partial charge in [0.25, 0.3) is 5.56 Å². The fourth-order valence-electron chi connectivity index (χ4n) is 3.12. The third-order valence-corrected chi connectivity index (χ3v) is 5.95. The number of nitrogens with zero attached hydrogens (tertiary/aromatic N) is 2. The maximum Gasteiger partial charge on any atom is 0.348 e. The van der Waals surface area contributed by atoms with Crippen LogP contribution in [0.25, 0.3) is 10.2 Å². The molecule has 0 bridgehead atoms. The van der Waals surface area contributed by atoms with Crippen molar-refractivity contribution in [3.8, 4) is 0 Å². The third kappa shape index (κ3) is 3.93. The van der Waals surface area contributed by atoms with E-state index in [2.05, 4.69) is 10.3 Å². The van der Waals surface area contributed by atoms with Crippen LogP contribution in [0.3, 0.4) is 0 Å². The summed E-state index contributed by atoms with van der Waals surface area (Å²) in [7, 11) is 0. The van der Waals surface area contributed by atoms with Crippen molar-refractivity contribution in [2.75, 3.05) is 11.9 Å². The minimum absolute atomic E-state index is 0.250. The summed E-state index contributed by atoms with van der Waals surface area (Å²) in [6.07, 6.45) is 1.35. The van der Waals surface area contributed by atoms with Gasteiger partial charge < -0.3 is 10.1 Å². The number of hydrogen-bond acceptors (Lipinski definition) is 6. The van der Waals surface area contributed by atoms with Crippen molar-refractivity contribution in [1.29, 1.82) is 0 Å². The summed E-state index contributed by atoms with van der Waals surface area (Å²) >= 11 is 1.12. The lowest BCUT2D eigenvalue weighted by Crippen LogP contribution is -2.32. The van der Waals surface area contributed by atoms with Crippen LogP contribution in [0.4, 0.5) is 5.69 Å². The lowest BCUT2D eigenvalue weighted by Gasteiger charge is -2.16. The Bertz CT molecular complexity index is 1160. The molecule has 7 nitrogen and oxygen atoms in total. The molecule has 1 N–H and O–H groups in total. The number of aryl methyl sites for hydroxylation is 3. The number of thiophene rings is 1. The molecule has 0 spiro atoms. The molecule has 0 unspecified atom stereocenters. The minimum atomic E-state index is -0.773. The molecule has 1 atom stereocenters. The molecule has 8 heteroatoms. The second-order valence-corrected chi connectivity index (χ2v) is 7.90. The van der Waals surface area contributed by atoms with Gasteiger partial charge in [-0.25, -0.2) is 9.78 Å². The molecule has 2 heterocycles. The lowest BCUT2D eigenvalue weighted by atomic mass is 10.1. The van der Waals surface area contributed by atoms with Gasteiger partial charge in [0.1, 0.15) is 15.7 Å². The number of fused-ring (bicyclic) bond motifs is 1. The Morgan fingerprint density at radius 3 is 2.66 bits per heavy atom. The van der Waals surface area contributed by atoms with Gasteiger partial charge in [-0.15, -0.1) is 11.3 Å². The van der Waals surface area contributed by atoms with Gasteiger partial charge in [0, 0.05) is 5.69 Å². The van der Waals surface area contributed by atoms with E-state index in [-0.39, 0.29) is 18.1 Å². The SMILES string of the molecule is CCOC(=O)c1sc2ncn([C@H](C)C(=O)Nc3ccc(C)cc3C)c(=O)c2c1C. The Morgan fingerprint density at radius 2 is 2.00 bits per heavy atom. The van der Waals surface area contributed by atoms with Crippen molar-refractivity contribution in [1.82, 2.24) is 9.55 Å². The molecule has 3 aromatic rings. The molecule has 1 aromatic carbocycles. The zero-order valence-corrected chi connectivity index (χ0v) is 17.8. The van der Waals surface area contributed by atoms with E-state index < -0.39 is 12.0 Å². The number of benzene rings is 1. The van der Waals surface area contributed by atoms with Crippen LogP contribution in [0, 0.1) is 20.8 Å². The number of carbonyl (C=O) groups is 2. The zero-order valence-electron chi connectivity index (χ0n) is 17.0. The number of esters is 1. The molecule has 29 heavy (non-hydrogen) atoms. The van der Waals surface area contributed by atoms with Gasteiger partial charge in [-0.1, -0.05) is 17.7 Å². The molecule has 152 valence electrons. The molecule has 2 aromatic heterocycles. The average molecular weight is 413 g/mol. The molecule has 0 radical (unpaired) electrons. The second-order valence-electron chi connectivity index (χ2n) is 6.90. The number of hydrogen-bond donors (Lipinski definition) is 1. The summed E-state index contributed by atoms with van der Waals surface area (Å²) in [5.41, 5.74) is 2.91. The molecule has 3 rings (SSSR count). The molecule has 1 amide bonds. The Kier molecular flexibility index (Phi) is 5.83. The molecule has 0 aliphatic heterocycles. The highest BCUT2D eigenvalue weighted by atomic mass is 32.1. The number of carbonyl (C=O) groups excluding carboxylic acids is 2. The van der Waals surface area contributed by atoms with Gasteiger partial charge in [-0.05, 0) is 51.8 Å². The topological polar surface area (TPSA) is 90.3 Å². The Labute approximate surface area is 172 Å². The van der Waals surface area contributed by atoms with Gasteiger partial charge in [-0.2, -0.15) is 0 Å². The van der Waals surface area contributed by atoms with Crippen LogP contribution in [0.1, 0.15) is 46.3 Å². The summed E-state index contributed by atoms with van der Waals surface area (Å²) in [5, 5.41) is 3.21. The average Bonchev–Trinajstić information content (AvgIpc) is 3.01. The van der Waals surface area contributed by atoms with Crippen molar-refractivity contribution < 1.29 is 14.3 Å². The number of aromatic nitrogens is 2. The molecular weight excluding hydrogens is 390 g/mol. The summed E-state index contributed by atoms with van der Waals surface area (Å²) in [6.45, 7) is 9.20. The van der Waals surface area contributed by atoms with Crippen LogP contribution in [-0.2, 0) is 9.53 Å². The smallest absolute Gasteiger partial charge is 0.348 e. The van der Waals surface area contributed by atoms with E-state index in [0.29, 0.717) is 26.3 Å². The first kappa shape index (κ1) is 20.7. The van der Waals surface area contributed by atoms with Crippen LogP contribution in [0.5, 0.6) is 0 Å². The summed E-state index contributed by atoms with van der Waals surface area (Å²) in [4.78, 5) is 43.0. The molecule has 0 saturated carbocycles. The number of nitrogens with one attached hydrogen (secondary N) is 1. The van der Waals surface area contributed by atoms with Crippen molar-refractivity contribution in [2.45, 2.75) is 40.7 Å². The highest BCUT2D eigenvalue weighted by Gasteiger charge is 2.23. The largest absolute Gasteiger partial charge is 0.462 e. The van der Waals surface area contributed by atoms with Crippen LogP contribution in [0.2, 0.25) is 0 Å². The summed E-state index contributed by atoms with van der Waals surface area (Å²) in [5.74, 6) is -0.793. The van der Waals surface area contributed by atoms with E-state index in [9.17, 15) is 14.4 Å². The maximum absolute atomic E-state index is 13.1. The van der Waals surface area contributed by atoms with E-state index in [1.54, 1.807) is 20.8 Å². The predicted molar refractivity (Wildman–Crippen MR) is 114 cm³/mol. The molecule has 0 fully saturated rings. The predicted octanol–water partition coefficient (Wildman–Crippen LogP) is 3.76. The normalized spacial score (nSPS) is 12.0. The van der Waals surface area contributed by atoms with E-state index in [0.717, 1.165) is 22.5 Å². The maximum atomic E-state index is 13.1. The standard InChI is InChI=1S/C21H23N3O4S/c1-6-28-21(27)17-13(4)16-19(29-17)22-10-24(20(16)26)14(5)18(25)23-15-8-7-11(2)9-12(15)3/h7-10,14H,6H2,1-5H3,(H,23,25)/t14-/m1/s1. The van der Waals surface area contributed by atoms with Crippen molar-refractivity contribution in [3.05, 3.63) is 56.4 Å². The number of rotatable bonds is 5. The molecule has 0 aliphatic carbocycles. The fraction of sp³-hybridized carbons (Fsp3) is 0.333. The van der Waals surface area contributed by atoms with E-state index in [1.807, 2.05) is 32.0 Å². The second kappa shape index (κ2) is 8.16. The van der Waals surface area contributed by atoms with E-state index in [4.69, 9.17) is 4.74 Å². The summed E-state index contributed by atoms with van der Waals surface area (Å²) < 4.78 is 6.34. The Hall–Kier alpha value is -3.00. The third-order valence-electron chi connectivity index (χ3n) is 4.77. The molecule has 0 aliphatic rings. The monoisotopic (exact) mass is 413 g/mol. The minimum Gasteiger partial charge on any atom is -0.462 e. The summed E-state index contributed by atoms with van der Waals surface area (Å²) in [6, 6.07) is 4.96. The van der Waals surface area contributed by atoms with Gasteiger partial charge in [-0.3, -0.25) is 14.2 Å². The van der Waals surface area contributed by atoms with Crippen molar-refractivity contribution >= 4 is 39.1 Å². The number of amides is 1. The van der Waals surface area contributed by atoms with Gasteiger partial charge in [0.2, 0.25) is 5.91 Å². The van der Waals surface area contributed by atoms with Crippen LogP contribution >= 0.6 is 11.3 Å². The fourth-order valence-corrected chi connectivity index (χ4v) is 4.15. The van der Waals surface area contributed by atoms with Crippen molar-refractivity contribution in [2.24, 2.45) is 0 Å². The van der Waals surface area contributed by atoms with Gasteiger partial charge in [0.15, 0.2) is 0 Å². The van der Waals surface area contributed by atoms with Crippen molar-refractivity contribution in [3.63, 3.8) is 0 Å². The first-order chi connectivity index (χ1) is 13.7. The number of ether oxygens (including phenoxy) is 1. The first-order valence-corrected chi connectivity index (χ1v) is 10.1. The highest BCUT2D eigenvalue weighted by molar-refractivity contribution is 7.20. The van der Waals surface area contributed by atoms with E-state index >= 15 is 0 Å². The quantitative estimate of drug-likeness (QED) is 0.643. The first-order valence-electron chi connectivity index (χ1n) is 9.30.